The Balaban J connectivity index is 1.71. The van der Waals surface area contributed by atoms with Gasteiger partial charge in [-0.05, 0) is 33.6 Å². The normalized spacial score (nSPS) is 18.8. The van der Waals surface area contributed by atoms with Crippen molar-refractivity contribution in [1.29, 1.82) is 0 Å². The lowest BCUT2D eigenvalue weighted by molar-refractivity contribution is -0.141. The molecule has 2 aliphatic rings. The van der Waals surface area contributed by atoms with Gasteiger partial charge < -0.3 is 14.5 Å². The third kappa shape index (κ3) is 4.56. The predicted octanol–water partition coefficient (Wildman–Crippen LogP) is 3.43. The highest BCUT2D eigenvalue weighted by Gasteiger charge is 2.37. The fraction of sp³-hybridized carbons (Fsp3) is 0.706. The number of carbonyl (C=O) groups is 1. The number of hydrogen-bond acceptors (Lipinski definition) is 5. The van der Waals surface area contributed by atoms with Gasteiger partial charge in [-0.2, -0.15) is 13.2 Å². The van der Waals surface area contributed by atoms with E-state index in [1.54, 1.807) is 30.6 Å². The van der Waals surface area contributed by atoms with E-state index < -0.39 is 23.6 Å². The third-order valence-corrected chi connectivity index (χ3v) is 4.22. The molecule has 1 aromatic rings. The lowest BCUT2D eigenvalue weighted by Crippen LogP contribution is -2.50. The highest BCUT2D eigenvalue weighted by Crippen LogP contribution is 2.40. The van der Waals surface area contributed by atoms with E-state index >= 15 is 0 Å². The van der Waals surface area contributed by atoms with Crippen LogP contribution in [0.25, 0.3) is 0 Å². The second kappa shape index (κ2) is 6.59. The quantitative estimate of drug-likeness (QED) is 0.796. The van der Waals surface area contributed by atoms with Crippen molar-refractivity contribution in [1.82, 2.24) is 14.9 Å². The minimum absolute atomic E-state index is 0.0269. The molecule has 0 N–H and O–H groups in total. The molecule has 0 radical (unpaired) electrons. The highest BCUT2D eigenvalue weighted by molar-refractivity contribution is 5.68. The molecule has 0 unspecified atom stereocenters. The van der Waals surface area contributed by atoms with E-state index in [-0.39, 0.29) is 17.6 Å². The van der Waals surface area contributed by atoms with Gasteiger partial charge in [0.2, 0.25) is 0 Å². The molecule has 1 aliphatic heterocycles. The molecule has 0 atom stereocenters. The summed E-state index contributed by atoms with van der Waals surface area (Å²) in [7, 11) is 0. The number of nitrogens with zero attached hydrogens (tertiary/aromatic N) is 4. The average Bonchev–Trinajstić information content (AvgIpc) is 3.37. The van der Waals surface area contributed by atoms with E-state index in [1.807, 2.05) is 0 Å². The van der Waals surface area contributed by atoms with Crippen molar-refractivity contribution in [2.24, 2.45) is 0 Å². The zero-order chi connectivity index (χ0) is 19.1. The molecule has 1 aromatic heterocycles. The summed E-state index contributed by atoms with van der Waals surface area (Å²) in [6.07, 6.45) is -3.26. The number of ether oxygens (including phenoxy) is 1. The van der Waals surface area contributed by atoms with Crippen molar-refractivity contribution < 1.29 is 22.7 Å². The highest BCUT2D eigenvalue weighted by atomic mass is 19.4. The molecule has 1 saturated heterocycles. The maximum absolute atomic E-state index is 13.1. The van der Waals surface area contributed by atoms with Gasteiger partial charge >= 0.3 is 12.3 Å². The van der Waals surface area contributed by atoms with E-state index in [0.29, 0.717) is 26.2 Å². The van der Waals surface area contributed by atoms with Crippen LogP contribution >= 0.6 is 0 Å². The number of rotatable bonds is 2. The summed E-state index contributed by atoms with van der Waals surface area (Å²) in [5.41, 5.74) is -1.49. The van der Waals surface area contributed by atoms with E-state index in [1.165, 1.54) is 0 Å². The first-order chi connectivity index (χ1) is 12.0. The van der Waals surface area contributed by atoms with Crippen LogP contribution in [0.2, 0.25) is 0 Å². The van der Waals surface area contributed by atoms with Gasteiger partial charge in [0.1, 0.15) is 22.9 Å². The molecule has 26 heavy (non-hydrogen) atoms. The largest absolute Gasteiger partial charge is 0.444 e. The molecule has 0 aromatic carbocycles. The van der Waals surface area contributed by atoms with Crippen LogP contribution < -0.4 is 4.90 Å². The molecule has 9 heteroatoms. The topological polar surface area (TPSA) is 58.6 Å². The fourth-order valence-electron chi connectivity index (χ4n) is 2.73. The third-order valence-electron chi connectivity index (χ3n) is 4.22. The van der Waals surface area contributed by atoms with Crippen LogP contribution in [0.15, 0.2) is 6.07 Å². The number of amides is 1. The number of aromatic nitrogens is 2. The number of piperazine rings is 1. The molecule has 1 amide bonds. The van der Waals surface area contributed by atoms with Crippen molar-refractivity contribution in [3.8, 4) is 0 Å². The second-order valence-electron chi connectivity index (χ2n) is 7.70. The standard InChI is InChI=1S/C17H23F3N4O2/c1-16(2,3)26-15(25)24-8-6-23(7-9-24)13-10-12(17(18,19)20)21-14(22-13)11-4-5-11/h10-11H,4-9H2,1-3H3. The summed E-state index contributed by atoms with van der Waals surface area (Å²) in [4.78, 5) is 23.5. The van der Waals surface area contributed by atoms with Gasteiger partial charge in [0.25, 0.3) is 0 Å². The molecule has 3 rings (SSSR count). The first kappa shape index (κ1) is 18.7. The van der Waals surface area contributed by atoms with Crippen LogP contribution in [0.1, 0.15) is 51.0 Å². The van der Waals surface area contributed by atoms with E-state index in [2.05, 4.69) is 9.97 Å². The molecule has 144 valence electrons. The van der Waals surface area contributed by atoms with Crippen molar-refractivity contribution in [2.75, 3.05) is 31.1 Å². The van der Waals surface area contributed by atoms with E-state index in [0.717, 1.165) is 18.9 Å². The Labute approximate surface area is 150 Å². The van der Waals surface area contributed by atoms with Crippen LogP contribution in [0.3, 0.4) is 0 Å². The predicted molar refractivity (Wildman–Crippen MR) is 89.0 cm³/mol. The monoisotopic (exact) mass is 372 g/mol. The van der Waals surface area contributed by atoms with Gasteiger partial charge in [0, 0.05) is 38.2 Å². The zero-order valence-electron chi connectivity index (χ0n) is 15.1. The number of carbonyl (C=O) groups excluding carboxylic acids is 1. The van der Waals surface area contributed by atoms with Crippen molar-refractivity contribution in [2.45, 2.75) is 51.3 Å². The Bertz CT molecular complexity index is 676. The molecule has 2 heterocycles. The number of alkyl halides is 3. The van der Waals surface area contributed by atoms with Crippen molar-refractivity contribution in [3.63, 3.8) is 0 Å². The maximum Gasteiger partial charge on any atom is 0.433 e. The lowest BCUT2D eigenvalue weighted by Gasteiger charge is -2.36. The molecule has 1 saturated carbocycles. The van der Waals surface area contributed by atoms with Crippen LogP contribution in [-0.2, 0) is 10.9 Å². The summed E-state index contributed by atoms with van der Waals surface area (Å²) in [6.45, 7) is 6.92. The van der Waals surface area contributed by atoms with Crippen LogP contribution in [0.5, 0.6) is 0 Å². The lowest BCUT2D eigenvalue weighted by atomic mass is 10.2. The first-order valence-corrected chi connectivity index (χ1v) is 8.72. The second-order valence-corrected chi connectivity index (χ2v) is 7.70. The zero-order valence-corrected chi connectivity index (χ0v) is 15.1. The smallest absolute Gasteiger partial charge is 0.433 e. The van der Waals surface area contributed by atoms with Gasteiger partial charge in [-0.1, -0.05) is 0 Å². The van der Waals surface area contributed by atoms with Gasteiger partial charge in [0.05, 0.1) is 0 Å². The van der Waals surface area contributed by atoms with Gasteiger partial charge in [-0.25, -0.2) is 14.8 Å². The number of hydrogen-bond donors (Lipinski definition) is 0. The van der Waals surface area contributed by atoms with Gasteiger partial charge in [-0.3, -0.25) is 0 Å². The Hall–Kier alpha value is -2.06. The van der Waals surface area contributed by atoms with Crippen molar-refractivity contribution in [3.05, 3.63) is 17.6 Å². The Morgan fingerprint density at radius 3 is 2.23 bits per heavy atom. The maximum atomic E-state index is 13.1. The summed E-state index contributed by atoms with van der Waals surface area (Å²) in [5, 5.41) is 0. The average molecular weight is 372 g/mol. The molecular formula is C17H23F3N4O2. The van der Waals surface area contributed by atoms with E-state index in [4.69, 9.17) is 4.74 Å². The van der Waals surface area contributed by atoms with Crippen molar-refractivity contribution >= 4 is 11.9 Å². The molecule has 1 aliphatic carbocycles. The Morgan fingerprint density at radius 2 is 1.73 bits per heavy atom. The minimum atomic E-state index is -4.50. The van der Waals surface area contributed by atoms with Crippen LogP contribution in [0, 0.1) is 0 Å². The van der Waals surface area contributed by atoms with Crippen LogP contribution in [-0.4, -0.2) is 52.7 Å². The Kier molecular flexibility index (Phi) is 4.74. The Morgan fingerprint density at radius 1 is 1.12 bits per heavy atom. The summed E-state index contributed by atoms with van der Waals surface area (Å²) >= 11 is 0. The van der Waals surface area contributed by atoms with E-state index in [9.17, 15) is 18.0 Å². The molecule has 0 spiro atoms. The molecule has 0 bridgehead atoms. The van der Waals surface area contributed by atoms with Gasteiger partial charge in [0.15, 0.2) is 0 Å². The summed E-state index contributed by atoms with van der Waals surface area (Å²) in [5.74, 6) is 0.571. The van der Waals surface area contributed by atoms with Gasteiger partial charge in [-0.15, -0.1) is 0 Å². The number of anilines is 1. The van der Waals surface area contributed by atoms with Crippen LogP contribution in [0.4, 0.5) is 23.8 Å². The first-order valence-electron chi connectivity index (χ1n) is 8.72. The number of halogens is 3. The minimum Gasteiger partial charge on any atom is -0.444 e. The molecular weight excluding hydrogens is 349 g/mol. The SMILES string of the molecule is CC(C)(C)OC(=O)N1CCN(c2cc(C(F)(F)F)nc(C3CC3)n2)CC1. The molecule has 6 nitrogen and oxygen atoms in total. The molecule has 2 fully saturated rings. The summed E-state index contributed by atoms with van der Waals surface area (Å²) in [6, 6.07) is 0.995. The summed E-state index contributed by atoms with van der Waals surface area (Å²) < 4.78 is 44.8. The fourth-order valence-corrected chi connectivity index (χ4v) is 2.73.